The standard InChI is InChI=1S/C35H39N3O8/c1-18-31(43)29(20(3)39)33-30(32(18)44)35(4)25(46-33)14-24(40)28(34(35)45)19(2)36-12-7-5-6-10-26(41)37-15-21-13-22(17-37)23-9-8-11-27(42)38(23)16-21/h8-9,11,14,21-22,36,43-44H,5-7,10,12-13,15-17H2,1-4H3. The lowest BCUT2D eigenvalue weighted by molar-refractivity contribution is -0.134. The summed E-state index contributed by atoms with van der Waals surface area (Å²) in [6, 6.07) is 5.37. The Morgan fingerprint density at radius 1 is 1.04 bits per heavy atom. The zero-order valence-electron chi connectivity index (χ0n) is 26.6. The number of phenols is 2. The quantitative estimate of drug-likeness (QED) is 0.172. The third kappa shape index (κ3) is 4.92. The Bertz CT molecular complexity index is 1820. The average Bonchev–Trinajstić information content (AvgIpc) is 3.30. The lowest BCUT2D eigenvalue weighted by Gasteiger charge is -2.42. The summed E-state index contributed by atoms with van der Waals surface area (Å²) in [4.78, 5) is 66.7. The van der Waals surface area contributed by atoms with E-state index in [1.54, 1.807) is 19.1 Å². The second kappa shape index (κ2) is 11.6. The molecular weight excluding hydrogens is 590 g/mol. The number of aromatic hydroxyl groups is 2. The highest BCUT2D eigenvalue weighted by molar-refractivity contribution is 6.31. The van der Waals surface area contributed by atoms with Gasteiger partial charge in [0.2, 0.25) is 5.91 Å². The van der Waals surface area contributed by atoms with Gasteiger partial charge in [-0.05, 0) is 58.9 Å². The van der Waals surface area contributed by atoms with E-state index in [4.69, 9.17) is 4.74 Å². The molecule has 0 radical (unpaired) electrons. The Labute approximate surface area is 266 Å². The molecule has 1 amide bonds. The van der Waals surface area contributed by atoms with Crippen LogP contribution in [-0.4, -0.2) is 62.6 Å². The van der Waals surface area contributed by atoms with Crippen molar-refractivity contribution in [2.24, 2.45) is 5.92 Å². The summed E-state index contributed by atoms with van der Waals surface area (Å²) in [5.41, 5.74) is -0.235. The van der Waals surface area contributed by atoms with E-state index in [1.807, 2.05) is 15.5 Å². The van der Waals surface area contributed by atoms with Crippen LogP contribution in [0.1, 0.15) is 86.0 Å². The maximum Gasteiger partial charge on any atom is 0.250 e. The predicted molar refractivity (Wildman–Crippen MR) is 168 cm³/mol. The number of allylic oxidation sites excluding steroid dienone is 4. The number of carbonyl (C=O) groups excluding carboxylic acids is 4. The first-order chi connectivity index (χ1) is 21.8. The SMILES string of the molecule is CC(=O)c1c(O)c(C)c(O)c2c1OC1=CC(=O)C(=C(C)NCCCCCC(=O)N3CC4CC(C3)c3cccc(=O)n3C4)C(=O)C12C. The molecule has 6 rings (SSSR count). The minimum atomic E-state index is -1.56. The molecular formula is C35H39N3O8. The topological polar surface area (TPSA) is 155 Å². The number of nitrogens with zero attached hydrogens (tertiary/aromatic N) is 2. The number of rotatable bonds is 8. The van der Waals surface area contributed by atoms with Crippen LogP contribution in [0.2, 0.25) is 0 Å². The van der Waals surface area contributed by atoms with E-state index < -0.39 is 28.5 Å². The van der Waals surface area contributed by atoms with Crippen molar-refractivity contribution in [3.8, 4) is 17.2 Å². The molecule has 46 heavy (non-hydrogen) atoms. The van der Waals surface area contributed by atoms with Gasteiger partial charge >= 0.3 is 0 Å². The third-order valence-electron chi connectivity index (χ3n) is 10.0. The summed E-state index contributed by atoms with van der Waals surface area (Å²) in [6.07, 6.45) is 4.83. The number of aromatic nitrogens is 1. The summed E-state index contributed by atoms with van der Waals surface area (Å²) in [5.74, 6) is -1.94. The maximum absolute atomic E-state index is 13.9. The number of phenolic OH excluding ortho intramolecular Hbond substituents is 2. The van der Waals surface area contributed by atoms with E-state index in [9.17, 15) is 34.2 Å². The van der Waals surface area contributed by atoms with Crippen molar-refractivity contribution in [1.29, 1.82) is 0 Å². The van der Waals surface area contributed by atoms with Gasteiger partial charge in [-0.3, -0.25) is 24.0 Å². The first-order valence-corrected chi connectivity index (χ1v) is 15.9. The zero-order chi connectivity index (χ0) is 33.1. The minimum absolute atomic E-state index is 0.00281. The Morgan fingerprint density at radius 2 is 1.80 bits per heavy atom. The molecule has 0 saturated carbocycles. The lowest BCUT2D eigenvalue weighted by Crippen LogP contribution is -2.49. The lowest BCUT2D eigenvalue weighted by atomic mass is 9.70. The van der Waals surface area contributed by atoms with Gasteiger partial charge in [0.1, 0.15) is 34.0 Å². The van der Waals surface area contributed by atoms with Gasteiger partial charge in [0.05, 0.1) is 11.1 Å². The van der Waals surface area contributed by atoms with Crippen molar-refractivity contribution in [3.63, 3.8) is 0 Å². The predicted octanol–water partition coefficient (Wildman–Crippen LogP) is 3.53. The summed E-state index contributed by atoms with van der Waals surface area (Å²) in [7, 11) is 0. The smallest absolute Gasteiger partial charge is 0.250 e. The molecule has 1 aromatic heterocycles. The van der Waals surface area contributed by atoms with E-state index in [0.29, 0.717) is 51.1 Å². The number of Topliss-reactive ketones (excluding diaryl/α,β-unsaturated/α-hetero) is 2. The molecule has 3 N–H and O–H groups in total. The van der Waals surface area contributed by atoms with Gasteiger partial charge in [0, 0.05) is 67.6 Å². The molecule has 1 aliphatic carbocycles. The summed E-state index contributed by atoms with van der Waals surface area (Å²) in [5, 5.41) is 24.7. The summed E-state index contributed by atoms with van der Waals surface area (Å²) >= 11 is 0. The molecule has 1 fully saturated rings. The van der Waals surface area contributed by atoms with Crippen molar-refractivity contribution in [2.75, 3.05) is 19.6 Å². The van der Waals surface area contributed by atoms with Crippen LogP contribution in [0.15, 0.2) is 46.1 Å². The molecule has 2 aromatic rings. The maximum atomic E-state index is 13.9. The molecule has 1 aromatic carbocycles. The number of carbonyl (C=O) groups is 4. The van der Waals surface area contributed by atoms with Crippen LogP contribution in [0.25, 0.3) is 0 Å². The molecule has 11 nitrogen and oxygen atoms in total. The molecule has 3 unspecified atom stereocenters. The number of benzene rings is 1. The second-order valence-corrected chi connectivity index (χ2v) is 13.1. The highest BCUT2D eigenvalue weighted by Gasteiger charge is 2.56. The number of ether oxygens (including phenoxy) is 1. The molecule has 4 aliphatic rings. The molecule has 2 bridgehead atoms. The van der Waals surface area contributed by atoms with Gasteiger partial charge in [-0.1, -0.05) is 12.5 Å². The van der Waals surface area contributed by atoms with E-state index in [0.717, 1.165) is 18.5 Å². The van der Waals surface area contributed by atoms with Crippen molar-refractivity contribution in [2.45, 2.75) is 77.7 Å². The zero-order valence-corrected chi connectivity index (χ0v) is 26.6. The summed E-state index contributed by atoms with van der Waals surface area (Å²) in [6.45, 7) is 8.32. The Hall–Kier alpha value is -4.67. The number of piperidine rings is 1. The first-order valence-electron chi connectivity index (χ1n) is 15.9. The number of nitrogens with one attached hydrogen (secondary N) is 1. The normalized spacial score (nSPS) is 24.0. The number of hydrogen-bond donors (Lipinski definition) is 3. The second-order valence-electron chi connectivity index (χ2n) is 13.1. The van der Waals surface area contributed by atoms with E-state index in [1.165, 1.54) is 26.8 Å². The summed E-state index contributed by atoms with van der Waals surface area (Å²) < 4.78 is 7.67. The highest BCUT2D eigenvalue weighted by atomic mass is 16.5. The number of hydrogen-bond acceptors (Lipinski definition) is 9. The molecule has 3 aliphatic heterocycles. The largest absolute Gasteiger partial charge is 0.507 e. The fraction of sp³-hybridized carbons (Fsp3) is 0.457. The minimum Gasteiger partial charge on any atom is -0.507 e. The van der Waals surface area contributed by atoms with Crippen LogP contribution in [0.3, 0.4) is 0 Å². The molecule has 4 heterocycles. The number of likely N-dealkylation sites (tertiary alicyclic amines) is 1. The van der Waals surface area contributed by atoms with Crippen molar-refractivity contribution in [3.05, 3.63) is 74.0 Å². The fourth-order valence-electron chi connectivity index (χ4n) is 7.56. The number of pyridine rings is 1. The van der Waals surface area contributed by atoms with Gasteiger partial charge in [-0.25, -0.2) is 0 Å². The van der Waals surface area contributed by atoms with E-state index >= 15 is 0 Å². The van der Waals surface area contributed by atoms with E-state index in [-0.39, 0.29) is 62.8 Å². The number of unbranched alkanes of at least 4 members (excludes halogenated alkanes) is 2. The number of amides is 1. The first kappa shape index (κ1) is 31.3. The molecule has 11 heteroatoms. The van der Waals surface area contributed by atoms with Crippen molar-refractivity contribution in [1.82, 2.24) is 14.8 Å². The van der Waals surface area contributed by atoms with Crippen LogP contribution in [0.5, 0.6) is 17.2 Å². The van der Waals surface area contributed by atoms with Crippen LogP contribution in [0.4, 0.5) is 0 Å². The van der Waals surface area contributed by atoms with Gasteiger partial charge in [-0.15, -0.1) is 0 Å². The fourth-order valence-corrected chi connectivity index (χ4v) is 7.56. The van der Waals surface area contributed by atoms with Crippen molar-refractivity contribution < 1.29 is 34.1 Å². The van der Waals surface area contributed by atoms with Gasteiger partial charge in [-0.2, -0.15) is 0 Å². The Balaban J connectivity index is 1.06. The van der Waals surface area contributed by atoms with Gasteiger partial charge in [0.25, 0.3) is 5.56 Å². The highest BCUT2D eigenvalue weighted by Crippen LogP contribution is 2.57. The Kier molecular flexibility index (Phi) is 7.90. The van der Waals surface area contributed by atoms with E-state index in [2.05, 4.69) is 5.32 Å². The molecule has 3 atom stereocenters. The monoisotopic (exact) mass is 629 g/mol. The number of fused-ring (bicyclic) bond motifs is 7. The molecule has 0 spiro atoms. The third-order valence-corrected chi connectivity index (χ3v) is 10.0. The van der Waals surface area contributed by atoms with Gasteiger partial charge in [0.15, 0.2) is 17.3 Å². The van der Waals surface area contributed by atoms with Gasteiger partial charge < -0.3 is 29.7 Å². The van der Waals surface area contributed by atoms with Crippen LogP contribution < -0.4 is 15.6 Å². The molecule has 1 saturated heterocycles. The van der Waals surface area contributed by atoms with Crippen molar-refractivity contribution >= 4 is 23.3 Å². The number of ketones is 3. The van der Waals surface area contributed by atoms with Crippen LogP contribution in [-0.2, 0) is 26.3 Å². The van der Waals surface area contributed by atoms with Crippen LogP contribution >= 0.6 is 0 Å². The van der Waals surface area contributed by atoms with Crippen LogP contribution in [0, 0.1) is 12.8 Å². The average molecular weight is 630 g/mol. The Morgan fingerprint density at radius 3 is 2.54 bits per heavy atom. The molecule has 242 valence electrons.